The number of halogens is 1. The van der Waals surface area contributed by atoms with Crippen molar-refractivity contribution in [2.24, 2.45) is 0 Å². The van der Waals surface area contributed by atoms with E-state index >= 15 is 0 Å². The summed E-state index contributed by atoms with van der Waals surface area (Å²) in [5.41, 5.74) is 1.98. The van der Waals surface area contributed by atoms with E-state index < -0.39 is 0 Å². The lowest BCUT2D eigenvalue weighted by atomic mass is 10.1. The van der Waals surface area contributed by atoms with Crippen LogP contribution in [-0.2, 0) is 4.79 Å². The molecule has 0 bridgehead atoms. The molecule has 0 aromatic heterocycles. The lowest BCUT2D eigenvalue weighted by Gasteiger charge is -2.16. The van der Waals surface area contributed by atoms with Gasteiger partial charge in [0.2, 0.25) is 5.91 Å². The quantitative estimate of drug-likeness (QED) is 0.863. The molecule has 0 radical (unpaired) electrons. The van der Waals surface area contributed by atoms with E-state index in [1.165, 1.54) is 0 Å². The summed E-state index contributed by atoms with van der Waals surface area (Å²) in [7, 11) is 0. The average molecular weight is 318 g/mol. The first-order chi connectivity index (χ1) is 10.6. The van der Waals surface area contributed by atoms with E-state index in [4.69, 9.17) is 16.3 Å². The van der Waals surface area contributed by atoms with Crippen molar-refractivity contribution in [3.63, 3.8) is 0 Å². The highest BCUT2D eigenvalue weighted by molar-refractivity contribution is 6.31. The van der Waals surface area contributed by atoms with Crippen LogP contribution in [0.5, 0.6) is 5.75 Å². The van der Waals surface area contributed by atoms with Gasteiger partial charge in [-0.25, -0.2) is 0 Å². The molecule has 0 fully saturated rings. The van der Waals surface area contributed by atoms with Gasteiger partial charge < -0.3 is 10.1 Å². The number of hydrogen-bond donors (Lipinski definition) is 1. The van der Waals surface area contributed by atoms with Crippen LogP contribution in [0.15, 0.2) is 48.5 Å². The molecule has 2 aromatic rings. The predicted molar refractivity (Wildman–Crippen MR) is 89.3 cm³/mol. The van der Waals surface area contributed by atoms with E-state index in [0.29, 0.717) is 18.1 Å². The number of ether oxygens (including phenoxy) is 1. The SMILES string of the molecule is Cc1ccccc1OCCC(=O)NC(C)c1ccccc1Cl. The summed E-state index contributed by atoms with van der Waals surface area (Å²) in [6.07, 6.45) is 0.309. The second kappa shape index (κ2) is 7.85. The van der Waals surface area contributed by atoms with E-state index in [9.17, 15) is 4.79 Å². The van der Waals surface area contributed by atoms with E-state index in [1.54, 1.807) is 0 Å². The van der Waals surface area contributed by atoms with Gasteiger partial charge in [0.1, 0.15) is 5.75 Å². The highest BCUT2D eigenvalue weighted by Gasteiger charge is 2.12. The molecule has 1 atom stereocenters. The van der Waals surface area contributed by atoms with Crippen LogP contribution in [0.3, 0.4) is 0 Å². The van der Waals surface area contributed by atoms with Crippen LogP contribution in [0.2, 0.25) is 5.02 Å². The smallest absolute Gasteiger partial charge is 0.223 e. The average Bonchev–Trinajstić information content (AvgIpc) is 2.49. The highest BCUT2D eigenvalue weighted by Crippen LogP contribution is 2.22. The highest BCUT2D eigenvalue weighted by atomic mass is 35.5. The zero-order chi connectivity index (χ0) is 15.9. The third-order valence-corrected chi connectivity index (χ3v) is 3.77. The van der Waals surface area contributed by atoms with Crippen molar-refractivity contribution in [1.82, 2.24) is 5.32 Å². The summed E-state index contributed by atoms with van der Waals surface area (Å²) in [6, 6.07) is 15.1. The first kappa shape index (κ1) is 16.4. The monoisotopic (exact) mass is 317 g/mol. The van der Waals surface area contributed by atoms with Crippen LogP contribution in [0, 0.1) is 6.92 Å². The van der Waals surface area contributed by atoms with Gasteiger partial charge in [0.15, 0.2) is 0 Å². The van der Waals surface area contributed by atoms with Crippen molar-refractivity contribution < 1.29 is 9.53 Å². The standard InChI is InChI=1S/C18H20ClNO2/c1-13-7-3-6-10-17(13)22-12-11-18(21)20-14(2)15-8-4-5-9-16(15)19/h3-10,14H,11-12H2,1-2H3,(H,20,21). The molecule has 2 rings (SSSR count). The molecule has 0 saturated carbocycles. The molecular formula is C18H20ClNO2. The molecule has 2 aromatic carbocycles. The van der Waals surface area contributed by atoms with Gasteiger partial charge in [-0.05, 0) is 37.1 Å². The zero-order valence-electron chi connectivity index (χ0n) is 12.8. The largest absolute Gasteiger partial charge is 0.493 e. The second-order valence-electron chi connectivity index (χ2n) is 5.17. The predicted octanol–water partition coefficient (Wildman–Crippen LogP) is 4.29. The molecule has 1 amide bonds. The van der Waals surface area contributed by atoms with Crippen molar-refractivity contribution in [3.8, 4) is 5.75 Å². The number of benzene rings is 2. The van der Waals surface area contributed by atoms with Crippen LogP contribution in [-0.4, -0.2) is 12.5 Å². The maximum absolute atomic E-state index is 12.0. The Hall–Kier alpha value is -2.00. The normalized spacial score (nSPS) is 11.8. The third-order valence-electron chi connectivity index (χ3n) is 3.43. The van der Waals surface area contributed by atoms with E-state index in [2.05, 4.69) is 5.32 Å². The Morgan fingerprint density at radius 2 is 1.86 bits per heavy atom. The van der Waals surface area contributed by atoms with Gasteiger partial charge in [0.05, 0.1) is 19.1 Å². The van der Waals surface area contributed by atoms with Crippen molar-refractivity contribution in [1.29, 1.82) is 0 Å². The number of carbonyl (C=O) groups is 1. The molecule has 0 spiro atoms. The molecule has 3 nitrogen and oxygen atoms in total. The molecular weight excluding hydrogens is 298 g/mol. The first-order valence-electron chi connectivity index (χ1n) is 7.30. The maximum atomic E-state index is 12.0. The fourth-order valence-corrected chi connectivity index (χ4v) is 2.49. The number of aryl methyl sites for hydroxylation is 1. The molecule has 0 saturated heterocycles. The summed E-state index contributed by atoms with van der Waals surface area (Å²) >= 11 is 6.13. The molecule has 4 heteroatoms. The Kier molecular flexibility index (Phi) is 5.84. The molecule has 116 valence electrons. The number of carbonyl (C=O) groups excluding carboxylic acids is 1. The number of para-hydroxylation sites is 1. The fraction of sp³-hybridized carbons (Fsp3) is 0.278. The van der Waals surface area contributed by atoms with Gasteiger partial charge in [0, 0.05) is 5.02 Å². The van der Waals surface area contributed by atoms with Crippen molar-refractivity contribution in [3.05, 3.63) is 64.7 Å². The van der Waals surface area contributed by atoms with Gasteiger partial charge in [-0.15, -0.1) is 0 Å². The third kappa shape index (κ3) is 4.50. The Morgan fingerprint density at radius 1 is 1.18 bits per heavy atom. The van der Waals surface area contributed by atoms with E-state index in [-0.39, 0.29) is 11.9 Å². The fourth-order valence-electron chi connectivity index (χ4n) is 2.19. The number of amides is 1. The number of rotatable bonds is 6. The van der Waals surface area contributed by atoms with Gasteiger partial charge in [-0.3, -0.25) is 4.79 Å². The minimum atomic E-state index is -0.125. The molecule has 22 heavy (non-hydrogen) atoms. The minimum absolute atomic E-state index is 0.0546. The molecule has 0 aliphatic heterocycles. The molecule has 1 N–H and O–H groups in total. The van der Waals surface area contributed by atoms with Gasteiger partial charge >= 0.3 is 0 Å². The number of hydrogen-bond acceptors (Lipinski definition) is 2. The summed E-state index contributed by atoms with van der Waals surface area (Å²) < 4.78 is 5.63. The molecule has 0 aliphatic carbocycles. The lowest BCUT2D eigenvalue weighted by molar-refractivity contribution is -0.122. The Morgan fingerprint density at radius 3 is 2.59 bits per heavy atom. The Bertz CT molecular complexity index is 642. The van der Waals surface area contributed by atoms with Crippen LogP contribution in [0.25, 0.3) is 0 Å². The van der Waals surface area contributed by atoms with Crippen LogP contribution in [0.4, 0.5) is 0 Å². The Labute approximate surface area is 136 Å². The van der Waals surface area contributed by atoms with E-state index in [1.807, 2.05) is 62.4 Å². The van der Waals surface area contributed by atoms with Crippen LogP contribution < -0.4 is 10.1 Å². The summed E-state index contributed by atoms with van der Waals surface area (Å²) in [4.78, 5) is 12.0. The minimum Gasteiger partial charge on any atom is -0.493 e. The molecule has 1 unspecified atom stereocenters. The van der Waals surface area contributed by atoms with Gasteiger partial charge in [-0.1, -0.05) is 48.0 Å². The summed E-state index contributed by atoms with van der Waals surface area (Å²) in [6.45, 7) is 4.25. The second-order valence-corrected chi connectivity index (χ2v) is 5.58. The summed E-state index contributed by atoms with van der Waals surface area (Å²) in [5.74, 6) is 0.760. The van der Waals surface area contributed by atoms with Crippen molar-refractivity contribution >= 4 is 17.5 Å². The molecule has 0 aliphatic rings. The maximum Gasteiger partial charge on any atom is 0.223 e. The summed E-state index contributed by atoms with van der Waals surface area (Å²) in [5, 5.41) is 3.59. The van der Waals surface area contributed by atoms with Gasteiger partial charge in [0.25, 0.3) is 0 Å². The number of nitrogens with one attached hydrogen (secondary N) is 1. The molecule has 0 heterocycles. The van der Waals surface area contributed by atoms with Crippen LogP contribution >= 0.6 is 11.6 Å². The van der Waals surface area contributed by atoms with Crippen molar-refractivity contribution in [2.75, 3.05) is 6.61 Å². The zero-order valence-corrected chi connectivity index (χ0v) is 13.6. The lowest BCUT2D eigenvalue weighted by Crippen LogP contribution is -2.28. The topological polar surface area (TPSA) is 38.3 Å². The van der Waals surface area contributed by atoms with Gasteiger partial charge in [-0.2, -0.15) is 0 Å². The first-order valence-corrected chi connectivity index (χ1v) is 7.68. The van der Waals surface area contributed by atoms with E-state index in [0.717, 1.165) is 16.9 Å². The Balaban J connectivity index is 1.81. The van der Waals surface area contributed by atoms with Crippen molar-refractivity contribution in [2.45, 2.75) is 26.3 Å². The van der Waals surface area contributed by atoms with Crippen LogP contribution in [0.1, 0.15) is 30.5 Å².